The molecule has 2 fully saturated rings. The van der Waals surface area contributed by atoms with Crippen molar-refractivity contribution in [3.8, 4) is 0 Å². The Labute approximate surface area is 201 Å². The van der Waals surface area contributed by atoms with Crippen LogP contribution in [0.3, 0.4) is 0 Å². The Kier molecular flexibility index (Phi) is 5.19. The van der Waals surface area contributed by atoms with Crippen LogP contribution >= 0.6 is 11.6 Å². The van der Waals surface area contributed by atoms with Crippen molar-refractivity contribution in [1.29, 1.82) is 0 Å². The molecule has 5 rings (SSSR count). The second-order valence-corrected chi connectivity index (χ2v) is 9.15. The molecule has 8 nitrogen and oxygen atoms in total. The van der Waals surface area contributed by atoms with Gasteiger partial charge in [-0.1, -0.05) is 29.8 Å². The average Bonchev–Trinajstić information content (AvgIpc) is 3.37. The Morgan fingerprint density at radius 1 is 1.11 bits per heavy atom. The third-order valence-electron chi connectivity index (χ3n) is 6.84. The van der Waals surface area contributed by atoms with Crippen molar-refractivity contribution in [1.82, 2.24) is 5.32 Å². The monoisotopic (exact) mass is 506 g/mol. The van der Waals surface area contributed by atoms with Gasteiger partial charge in [-0.05, 0) is 30.7 Å². The summed E-state index contributed by atoms with van der Waals surface area (Å²) in [7, 11) is 0. The zero-order valence-electron chi connectivity index (χ0n) is 17.9. The summed E-state index contributed by atoms with van der Waals surface area (Å²) in [6.45, 7) is 0. The Morgan fingerprint density at radius 2 is 1.83 bits per heavy atom. The van der Waals surface area contributed by atoms with Crippen molar-refractivity contribution in [2.75, 3.05) is 10.2 Å². The molecule has 0 saturated carbocycles. The molecular weight excluding hydrogens is 489 g/mol. The molecule has 3 heterocycles. The fraction of sp³-hybridized carbons (Fsp3) is 0.304. The van der Waals surface area contributed by atoms with Crippen LogP contribution in [0.5, 0.6) is 0 Å². The second kappa shape index (κ2) is 7.79. The number of rotatable bonds is 4. The SMILES string of the molecule is NC(=O)CC[C@@H]1N[C@]2(C(=O)Nc3ccccc32)[C@@H]2C(=O)N(c3cc(C(F)(F)F)ccc3Cl)C(=O)[C@H]12. The third-order valence-corrected chi connectivity index (χ3v) is 7.16. The number of nitrogens with zero attached hydrogens (tertiary/aromatic N) is 1. The van der Waals surface area contributed by atoms with Gasteiger partial charge in [-0.15, -0.1) is 0 Å². The Morgan fingerprint density at radius 3 is 2.51 bits per heavy atom. The first kappa shape index (κ1) is 23.3. The zero-order valence-corrected chi connectivity index (χ0v) is 18.6. The highest BCUT2D eigenvalue weighted by Crippen LogP contribution is 2.54. The quantitative estimate of drug-likeness (QED) is 0.550. The number of imide groups is 1. The van der Waals surface area contributed by atoms with Crippen LogP contribution in [0.15, 0.2) is 42.5 Å². The van der Waals surface area contributed by atoms with Crippen molar-refractivity contribution in [2.45, 2.75) is 30.6 Å². The molecule has 4 atom stereocenters. The number of hydrogen-bond donors (Lipinski definition) is 3. The molecule has 0 unspecified atom stereocenters. The van der Waals surface area contributed by atoms with Gasteiger partial charge in [-0.25, -0.2) is 4.90 Å². The zero-order chi connectivity index (χ0) is 25.3. The molecule has 2 aromatic rings. The van der Waals surface area contributed by atoms with E-state index in [2.05, 4.69) is 10.6 Å². The number of nitrogens with two attached hydrogens (primary N) is 1. The Balaban J connectivity index is 1.65. The molecule has 12 heteroatoms. The lowest BCUT2D eigenvalue weighted by Gasteiger charge is -2.29. The van der Waals surface area contributed by atoms with Gasteiger partial charge < -0.3 is 11.1 Å². The standard InChI is InChI=1S/C23H18ClF3N4O4/c24-12-6-5-10(23(25,26)27)9-15(12)31-19(33)17-14(7-8-16(28)32)30-22(18(17)20(31)34)11-3-1-2-4-13(11)29-21(22)35/h1-6,9,14,17-18,30H,7-8H2,(H2,28,32)(H,29,35)/t14-,17+,18-,22-/m0/s1. The summed E-state index contributed by atoms with van der Waals surface area (Å²) in [5, 5.41) is 5.59. The van der Waals surface area contributed by atoms with Gasteiger partial charge in [-0.3, -0.25) is 24.5 Å². The van der Waals surface area contributed by atoms with Crippen LogP contribution in [0.1, 0.15) is 24.0 Å². The van der Waals surface area contributed by atoms with Crippen molar-refractivity contribution in [3.63, 3.8) is 0 Å². The van der Waals surface area contributed by atoms with E-state index in [0.717, 1.165) is 12.1 Å². The maximum Gasteiger partial charge on any atom is 0.416 e. The smallest absolute Gasteiger partial charge is 0.370 e. The van der Waals surface area contributed by atoms with Crippen LogP contribution in [0, 0.1) is 11.8 Å². The molecule has 3 aliphatic rings. The minimum absolute atomic E-state index is 0.0386. The molecule has 35 heavy (non-hydrogen) atoms. The van der Waals surface area contributed by atoms with Crippen molar-refractivity contribution >= 4 is 46.6 Å². The summed E-state index contributed by atoms with van der Waals surface area (Å²) in [5.74, 6) is -5.30. The van der Waals surface area contributed by atoms with Gasteiger partial charge in [0.1, 0.15) is 5.54 Å². The second-order valence-electron chi connectivity index (χ2n) is 8.74. The average molecular weight is 507 g/mol. The fourth-order valence-electron chi connectivity index (χ4n) is 5.40. The number of fused-ring (bicyclic) bond motifs is 4. The van der Waals surface area contributed by atoms with Crippen LogP contribution in [0.2, 0.25) is 5.02 Å². The van der Waals surface area contributed by atoms with Gasteiger partial charge in [-0.2, -0.15) is 13.2 Å². The molecule has 3 aliphatic heterocycles. The third kappa shape index (κ3) is 3.33. The van der Waals surface area contributed by atoms with E-state index in [1.165, 1.54) is 0 Å². The number of amides is 4. The molecule has 2 aromatic carbocycles. The molecule has 0 aliphatic carbocycles. The van der Waals surface area contributed by atoms with Crippen LogP contribution in [-0.2, 0) is 30.9 Å². The Bertz CT molecular complexity index is 1300. The van der Waals surface area contributed by atoms with E-state index in [9.17, 15) is 32.3 Å². The lowest BCUT2D eigenvalue weighted by molar-refractivity contribution is -0.137. The van der Waals surface area contributed by atoms with Gasteiger partial charge in [0, 0.05) is 23.7 Å². The molecule has 0 aromatic heterocycles. The number of nitrogens with one attached hydrogen (secondary N) is 2. The van der Waals surface area contributed by atoms with Crippen LogP contribution in [-0.4, -0.2) is 29.7 Å². The fourth-order valence-corrected chi connectivity index (χ4v) is 5.60. The lowest BCUT2D eigenvalue weighted by Crippen LogP contribution is -2.53. The number of carbonyl (C=O) groups excluding carboxylic acids is 4. The predicted molar refractivity (Wildman–Crippen MR) is 118 cm³/mol. The topological polar surface area (TPSA) is 122 Å². The number of para-hydroxylation sites is 1. The number of carbonyl (C=O) groups is 4. The van der Waals surface area contributed by atoms with E-state index >= 15 is 0 Å². The summed E-state index contributed by atoms with van der Waals surface area (Å²) in [5.41, 5.74) is 3.00. The molecule has 0 bridgehead atoms. The predicted octanol–water partition coefficient (Wildman–Crippen LogP) is 2.55. The lowest BCUT2D eigenvalue weighted by atomic mass is 9.76. The first-order valence-electron chi connectivity index (χ1n) is 10.7. The summed E-state index contributed by atoms with van der Waals surface area (Å²) < 4.78 is 40.1. The van der Waals surface area contributed by atoms with Crippen molar-refractivity contribution in [3.05, 3.63) is 58.6 Å². The summed E-state index contributed by atoms with van der Waals surface area (Å²) in [6, 6.07) is 8.14. The highest BCUT2D eigenvalue weighted by molar-refractivity contribution is 6.36. The first-order chi connectivity index (χ1) is 16.5. The van der Waals surface area contributed by atoms with Gasteiger partial charge in [0.05, 0.1) is 28.1 Å². The number of alkyl halides is 3. The van der Waals surface area contributed by atoms with Gasteiger partial charge in [0.25, 0.3) is 0 Å². The summed E-state index contributed by atoms with van der Waals surface area (Å²) >= 11 is 6.14. The number of anilines is 2. The van der Waals surface area contributed by atoms with Crippen LogP contribution < -0.4 is 21.3 Å². The minimum Gasteiger partial charge on any atom is -0.370 e. The van der Waals surface area contributed by atoms with Crippen molar-refractivity contribution < 1.29 is 32.3 Å². The molecule has 182 valence electrons. The van der Waals surface area contributed by atoms with Crippen molar-refractivity contribution in [2.24, 2.45) is 17.6 Å². The van der Waals surface area contributed by atoms with E-state index in [-0.39, 0.29) is 17.9 Å². The number of benzene rings is 2. The highest BCUT2D eigenvalue weighted by Gasteiger charge is 2.70. The summed E-state index contributed by atoms with van der Waals surface area (Å²) in [4.78, 5) is 52.8. The maximum absolute atomic E-state index is 13.8. The van der Waals surface area contributed by atoms with Gasteiger partial charge in [0.2, 0.25) is 23.6 Å². The first-order valence-corrected chi connectivity index (χ1v) is 11.1. The maximum atomic E-state index is 13.8. The van der Waals surface area contributed by atoms with E-state index in [1.807, 2.05) is 0 Å². The number of hydrogen-bond acceptors (Lipinski definition) is 5. The number of halogens is 4. The van der Waals surface area contributed by atoms with E-state index in [4.69, 9.17) is 17.3 Å². The van der Waals surface area contributed by atoms with E-state index in [1.54, 1.807) is 24.3 Å². The van der Waals surface area contributed by atoms with E-state index in [0.29, 0.717) is 22.2 Å². The van der Waals surface area contributed by atoms with Crippen LogP contribution in [0.25, 0.3) is 0 Å². The van der Waals surface area contributed by atoms with E-state index < -0.39 is 64.5 Å². The number of primary amides is 1. The van der Waals surface area contributed by atoms with Gasteiger partial charge >= 0.3 is 6.18 Å². The summed E-state index contributed by atoms with van der Waals surface area (Å²) in [6.07, 6.45) is -4.83. The molecular formula is C23H18ClF3N4O4. The molecule has 1 spiro atoms. The molecule has 2 saturated heterocycles. The normalized spacial score (nSPS) is 27.4. The molecule has 0 radical (unpaired) electrons. The molecule has 4 amide bonds. The molecule has 4 N–H and O–H groups in total. The van der Waals surface area contributed by atoms with Gasteiger partial charge in [0.15, 0.2) is 0 Å². The van der Waals surface area contributed by atoms with Crippen LogP contribution in [0.4, 0.5) is 24.5 Å². The highest BCUT2D eigenvalue weighted by atomic mass is 35.5. The minimum atomic E-state index is -4.74. The largest absolute Gasteiger partial charge is 0.416 e. The Hall–Kier alpha value is -3.44.